The number of hydrogen-bond donors (Lipinski definition) is 1. The van der Waals surface area contributed by atoms with E-state index in [1.165, 1.54) is 50.1 Å². The minimum Gasteiger partial charge on any atom is -0.496 e. The molecular weight excluding hydrogens is 538 g/mol. The summed E-state index contributed by atoms with van der Waals surface area (Å²) in [6, 6.07) is 13.9. The molecule has 0 aliphatic rings. The Kier molecular flexibility index (Phi) is 9.78. The molecule has 0 aliphatic heterocycles. The lowest BCUT2D eigenvalue weighted by atomic mass is 9.75. The highest BCUT2D eigenvalue weighted by Crippen LogP contribution is 2.46. The monoisotopic (exact) mass is 599 g/mol. The zero-order chi connectivity index (χ0) is 33.7. The molecule has 44 heavy (non-hydrogen) atoms. The molecule has 0 amide bonds. The van der Waals surface area contributed by atoms with Crippen LogP contribution in [0.25, 0.3) is 0 Å². The lowest BCUT2D eigenvalue weighted by Gasteiger charge is -2.32. The van der Waals surface area contributed by atoms with E-state index in [1.54, 1.807) is 14.2 Å². The molecular formula is C41H61NO2. The summed E-state index contributed by atoms with van der Waals surface area (Å²) in [5.74, 6) is 2.22. The summed E-state index contributed by atoms with van der Waals surface area (Å²) < 4.78 is 12.1. The molecule has 0 saturated heterocycles. The van der Waals surface area contributed by atoms with E-state index in [9.17, 15) is 0 Å². The van der Waals surface area contributed by atoms with Gasteiger partial charge in [-0.25, -0.2) is 0 Å². The number of methoxy groups -OCH3 is 2. The van der Waals surface area contributed by atoms with E-state index in [0.717, 1.165) is 17.2 Å². The summed E-state index contributed by atoms with van der Waals surface area (Å²) in [7, 11) is 3.59. The summed E-state index contributed by atoms with van der Waals surface area (Å²) in [5, 5.41) is 0. The molecule has 2 atom stereocenters. The van der Waals surface area contributed by atoms with Crippen molar-refractivity contribution in [2.24, 2.45) is 0 Å². The molecule has 0 heterocycles. The third-order valence-electron chi connectivity index (χ3n) is 9.18. The molecule has 0 bridgehead atoms. The van der Waals surface area contributed by atoms with Crippen molar-refractivity contribution < 1.29 is 9.47 Å². The molecule has 3 heteroatoms. The summed E-state index contributed by atoms with van der Waals surface area (Å²) in [4.78, 5) is 0. The minimum atomic E-state index is -0.0667. The summed E-state index contributed by atoms with van der Waals surface area (Å²) in [6.07, 6.45) is 0. The van der Waals surface area contributed by atoms with Gasteiger partial charge in [0.25, 0.3) is 0 Å². The fourth-order valence-electron chi connectivity index (χ4n) is 6.40. The fourth-order valence-corrected chi connectivity index (χ4v) is 6.40. The highest BCUT2D eigenvalue weighted by atomic mass is 16.5. The maximum atomic E-state index is 7.19. The Balaban J connectivity index is 2.28. The molecule has 0 unspecified atom stereocenters. The number of ether oxygens (including phenoxy) is 2. The topological polar surface area (TPSA) is 44.5 Å². The van der Waals surface area contributed by atoms with Crippen molar-refractivity contribution in [3.8, 4) is 11.5 Å². The highest BCUT2D eigenvalue weighted by molar-refractivity contribution is 5.63. The summed E-state index contributed by atoms with van der Waals surface area (Å²) in [6.45, 7) is 33.9. The minimum absolute atomic E-state index is 0.0667. The van der Waals surface area contributed by atoms with Crippen LogP contribution in [0.5, 0.6) is 11.5 Å². The van der Waals surface area contributed by atoms with E-state index in [-0.39, 0.29) is 33.5 Å². The molecule has 0 fully saturated rings. The molecule has 3 aromatic carbocycles. The molecule has 0 saturated carbocycles. The molecule has 2 N–H and O–H groups in total. The standard InChI is InChI=1S/C41H61NO2/c1-24-18-29(25(2)27-20-31(38(4,5)6)36(43-16)32(21-27)39(7,8)9)35(42)30(19-24)26(3)28-22-33(40(10,11)12)37(44-17)34(23-28)41(13,14)15/h18-23,25-26H,42H2,1-17H3/t25-,26-/m1/s1. The van der Waals surface area contributed by atoms with E-state index in [1.807, 2.05) is 0 Å². The Bertz CT molecular complexity index is 1320. The van der Waals surface area contributed by atoms with Crippen LogP contribution in [0.2, 0.25) is 0 Å². The van der Waals surface area contributed by atoms with Crippen LogP contribution in [-0.4, -0.2) is 14.2 Å². The van der Waals surface area contributed by atoms with Crippen molar-refractivity contribution in [2.45, 2.75) is 137 Å². The molecule has 0 aliphatic carbocycles. The predicted molar refractivity (Wildman–Crippen MR) is 191 cm³/mol. The van der Waals surface area contributed by atoms with Crippen LogP contribution in [0, 0.1) is 6.92 Å². The average Bonchev–Trinajstić information content (AvgIpc) is 2.89. The van der Waals surface area contributed by atoms with E-state index >= 15 is 0 Å². The van der Waals surface area contributed by atoms with Crippen LogP contribution >= 0.6 is 0 Å². The van der Waals surface area contributed by atoms with E-state index in [4.69, 9.17) is 15.2 Å². The molecule has 242 valence electrons. The molecule has 0 aromatic heterocycles. The van der Waals surface area contributed by atoms with Gasteiger partial charge in [0.15, 0.2) is 0 Å². The first-order chi connectivity index (χ1) is 19.9. The maximum Gasteiger partial charge on any atom is 0.126 e. The Morgan fingerprint density at radius 2 is 0.750 bits per heavy atom. The SMILES string of the molecule is COc1c(C(C)(C)C)cc([C@@H](C)c2cc(C)cc([C@H](C)c3cc(C(C)(C)C)c(OC)c(C(C)(C)C)c3)c2N)cc1C(C)(C)C. The number of rotatable bonds is 6. The average molecular weight is 600 g/mol. The number of benzene rings is 3. The lowest BCUT2D eigenvalue weighted by molar-refractivity contribution is 0.381. The largest absolute Gasteiger partial charge is 0.496 e. The van der Waals surface area contributed by atoms with Crippen LogP contribution in [-0.2, 0) is 21.7 Å². The third kappa shape index (κ3) is 7.13. The molecule has 0 radical (unpaired) electrons. The maximum absolute atomic E-state index is 7.19. The molecule has 3 nitrogen and oxygen atoms in total. The van der Waals surface area contributed by atoms with Gasteiger partial charge in [0.1, 0.15) is 11.5 Å². The fraction of sp³-hybridized carbons (Fsp3) is 0.561. The van der Waals surface area contributed by atoms with Gasteiger partial charge in [-0.1, -0.05) is 139 Å². The van der Waals surface area contributed by atoms with Crippen LogP contribution in [0.3, 0.4) is 0 Å². The van der Waals surface area contributed by atoms with Crippen LogP contribution in [0.4, 0.5) is 5.69 Å². The first kappa shape index (κ1) is 35.5. The number of nitrogens with two attached hydrogens (primary N) is 1. The first-order valence-corrected chi connectivity index (χ1v) is 16.3. The van der Waals surface area contributed by atoms with Gasteiger partial charge >= 0.3 is 0 Å². The van der Waals surface area contributed by atoms with Gasteiger partial charge in [-0.2, -0.15) is 0 Å². The normalized spacial score (nSPS) is 14.4. The Morgan fingerprint density at radius 3 is 0.955 bits per heavy atom. The molecule has 0 spiro atoms. The Morgan fingerprint density at radius 1 is 0.500 bits per heavy atom. The van der Waals surface area contributed by atoms with Crippen LogP contribution in [0.1, 0.15) is 159 Å². The van der Waals surface area contributed by atoms with Crippen molar-refractivity contribution in [3.05, 3.63) is 86.5 Å². The number of nitrogen functional groups attached to an aromatic ring is 1. The highest BCUT2D eigenvalue weighted by Gasteiger charge is 2.31. The number of anilines is 1. The van der Waals surface area contributed by atoms with Crippen molar-refractivity contribution in [1.82, 2.24) is 0 Å². The van der Waals surface area contributed by atoms with E-state index in [0.29, 0.717) is 0 Å². The Labute approximate surface area is 270 Å². The smallest absolute Gasteiger partial charge is 0.126 e. The third-order valence-corrected chi connectivity index (χ3v) is 9.18. The van der Waals surface area contributed by atoms with Gasteiger partial charge in [0.2, 0.25) is 0 Å². The van der Waals surface area contributed by atoms with Gasteiger partial charge in [-0.05, 0) is 50.8 Å². The van der Waals surface area contributed by atoms with Crippen LogP contribution in [0.15, 0.2) is 36.4 Å². The number of aryl methyl sites for hydroxylation is 1. The van der Waals surface area contributed by atoms with Gasteiger partial charge in [-0.3, -0.25) is 0 Å². The van der Waals surface area contributed by atoms with Gasteiger partial charge in [0.05, 0.1) is 14.2 Å². The van der Waals surface area contributed by atoms with Crippen molar-refractivity contribution in [1.29, 1.82) is 0 Å². The predicted octanol–water partition coefficient (Wildman–Crippen LogP) is 11.1. The second kappa shape index (κ2) is 12.1. The lowest BCUT2D eigenvalue weighted by Crippen LogP contribution is -2.21. The molecule has 3 aromatic rings. The second-order valence-corrected chi connectivity index (χ2v) is 17.1. The number of hydrogen-bond acceptors (Lipinski definition) is 3. The Hall–Kier alpha value is -2.94. The zero-order valence-electron chi connectivity index (χ0n) is 31.0. The quantitative estimate of drug-likeness (QED) is 0.287. The summed E-state index contributed by atoms with van der Waals surface area (Å²) >= 11 is 0. The van der Waals surface area contributed by atoms with Gasteiger partial charge < -0.3 is 15.2 Å². The van der Waals surface area contributed by atoms with E-state index < -0.39 is 0 Å². The van der Waals surface area contributed by atoms with E-state index in [2.05, 4.69) is 140 Å². The van der Waals surface area contributed by atoms with Crippen molar-refractivity contribution in [3.63, 3.8) is 0 Å². The summed E-state index contributed by atoms with van der Waals surface area (Å²) in [5.41, 5.74) is 18.9. The van der Waals surface area contributed by atoms with Gasteiger partial charge in [0, 0.05) is 39.8 Å². The van der Waals surface area contributed by atoms with Crippen LogP contribution < -0.4 is 15.2 Å². The van der Waals surface area contributed by atoms with Crippen molar-refractivity contribution in [2.75, 3.05) is 20.0 Å². The zero-order valence-corrected chi connectivity index (χ0v) is 31.0. The molecule has 3 rings (SSSR count). The van der Waals surface area contributed by atoms with Gasteiger partial charge in [-0.15, -0.1) is 0 Å². The second-order valence-electron chi connectivity index (χ2n) is 17.1. The first-order valence-electron chi connectivity index (χ1n) is 16.3. The van der Waals surface area contributed by atoms with Crippen molar-refractivity contribution >= 4 is 5.69 Å².